The van der Waals surface area contributed by atoms with Crippen molar-refractivity contribution in [3.63, 3.8) is 0 Å². The maximum Gasteiger partial charge on any atom is 0.226 e. The van der Waals surface area contributed by atoms with Crippen molar-refractivity contribution < 1.29 is 4.79 Å². The molecule has 0 aliphatic heterocycles. The minimum absolute atomic E-state index is 0.0169. The van der Waals surface area contributed by atoms with Crippen LogP contribution in [0.2, 0.25) is 5.28 Å². The third-order valence-corrected chi connectivity index (χ3v) is 3.75. The second-order valence-electron chi connectivity index (χ2n) is 5.65. The zero-order valence-corrected chi connectivity index (χ0v) is 14.2. The number of aromatic amines is 1. The van der Waals surface area contributed by atoms with Gasteiger partial charge in [0.25, 0.3) is 0 Å². The van der Waals surface area contributed by atoms with Gasteiger partial charge < -0.3 is 14.9 Å². The number of Topliss-reactive ketones (excluding diaryl/α,β-unsaturated/α-hetero) is 1. The number of carbonyl (C=O) groups excluding carboxylic acids is 1. The summed E-state index contributed by atoms with van der Waals surface area (Å²) in [5.41, 5.74) is 1.37. The molecule has 3 heterocycles. The largest absolute Gasteiger partial charge is 0.368 e. The van der Waals surface area contributed by atoms with Gasteiger partial charge in [0.05, 0.1) is 6.33 Å². The summed E-state index contributed by atoms with van der Waals surface area (Å²) < 4.78 is 1.94. The van der Waals surface area contributed by atoms with Crippen LogP contribution >= 0.6 is 11.6 Å². The average molecular weight is 348 g/mol. The van der Waals surface area contributed by atoms with E-state index in [2.05, 4.69) is 30.2 Å². The Kier molecular flexibility index (Phi) is 4.75. The predicted molar refractivity (Wildman–Crippen MR) is 91.4 cm³/mol. The number of nitrogens with zero attached hydrogens (tertiary/aromatic N) is 5. The molecule has 0 aromatic carbocycles. The molecule has 0 atom stereocenters. The van der Waals surface area contributed by atoms with E-state index < -0.39 is 0 Å². The van der Waals surface area contributed by atoms with Crippen LogP contribution in [0.25, 0.3) is 11.2 Å². The molecule has 3 rings (SSSR count). The molecule has 8 nitrogen and oxygen atoms in total. The van der Waals surface area contributed by atoms with Crippen molar-refractivity contribution in [1.29, 1.82) is 0 Å². The minimum atomic E-state index is -0.0169. The van der Waals surface area contributed by atoms with E-state index in [9.17, 15) is 4.79 Å². The van der Waals surface area contributed by atoms with Crippen LogP contribution in [0.4, 0.5) is 5.82 Å². The van der Waals surface area contributed by atoms with Crippen LogP contribution in [0.5, 0.6) is 0 Å². The number of fused-ring (bicyclic) bond motifs is 1. The first-order valence-electron chi connectivity index (χ1n) is 7.72. The van der Waals surface area contributed by atoms with E-state index in [-0.39, 0.29) is 17.1 Å². The Labute approximate surface area is 143 Å². The van der Waals surface area contributed by atoms with Crippen molar-refractivity contribution in [3.8, 4) is 0 Å². The Morgan fingerprint density at radius 1 is 1.38 bits per heavy atom. The monoisotopic (exact) mass is 347 g/mol. The number of hydrogen-bond donors (Lipinski definition) is 2. The molecule has 0 aliphatic carbocycles. The fourth-order valence-corrected chi connectivity index (χ4v) is 2.55. The molecule has 0 amide bonds. The summed E-state index contributed by atoms with van der Waals surface area (Å²) >= 11 is 6.02. The first-order chi connectivity index (χ1) is 11.6. The standard InChI is InChI=1S/C15H18ClN7O/c1-9(2)23-8-20-11-13(21-15(16)22-14(11)23)17-5-3-4-10(24)12-18-6-7-19-12/h6-9H,3-5H2,1-2H3,(H,18,19)(H,17,21,22). The molecular formula is C15H18ClN7O. The molecule has 0 fully saturated rings. The lowest BCUT2D eigenvalue weighted by Gasteiger charge is -2.09. The molecule has 0 radical (unpaired) electrons. The first-order valence-corrected chi connectivity index (χ1v) is 8.10. The van der Waals surface area contributed by atoms with Gasteiger partial charge in [-0.3, -0.25) is 4.79 Å². The van der Waals surface area contributed by atoms with Gasteiger partial charge in [-0.25, -0.2) is 9.97 Å². The summed E-state index contributed by atoms with van der Waals surface area (Å²) in [5, 5.41) is 3.35. The lowest BCUT2D eigenvalue weighted by atomic mass is 10.2. The molecular weight excluding hydrogens is 330 g/mol. The molecule has 0 unspecified atom stereocenters. The number of nitrogens with one attached hydrogen (secondary N) is 2. The van der Waals surface area contributed by atoms with Crippen LogP contribution in [0.1, 0.15) is 43.3 Å². The summed E-state index contributed by atoms with van der Waals surface area (Å²) in [7, 11) is 0. The predicted octanol–water partition coefficient (Wildman–Crippen LogP) is 2.86. The van der Waals surface area contributed by atoms with Crippen molar-refractivity contribution in [2.75, 3.05) is 11.9 Å². The number of aromatic nitrogens is 6. The number of H-pyrrole nitrogens is 1. The van der Waals surface area contributed by atoms with Gasteiger partial charge in [0.15, 0.2) is 28.6 Å². The van der Waals surface area contributed by atoms with E-state index in [0.29, 0.717) is 42.2 Å². The SMILES string of the molecule is CC(C)n1cnc2c(NCCCC(=O)c3ncc[nH]3)nc(Cl)nc21. The summed E-state index contributed by atoms with van der Waals surface area (Å²) in [5.74, 6) is 0.949. The van der Waals surface area contributed by atoms with Crippen molar-refractivity contribution in [3.05, 3.63) is 29.8 Å². The molecule has 0 saturated carbocycles. The second kappa shape index (κ2) is 6.96. The molecule has 9 heteroatoms. The molecule has 0 bridgehead atoms. The lowest BCUT2D eigenvalue weighted by Crippen LogP contribution is -2.09. The smallest absolute Gasteiger partial charge is 0.226 e. The van der Waals surface area contributed by atoms with Crippen molar-refractivity contribution in [2.24, 2.45) is 0 Å². The van der Waals surface area contributed by atoms with Crippen LogP contribution in [-0.4, -0.2) is 41.8 Å². The number of carbonyl (C=O) groups is 1. The van der Waals surface area contributed by atoms with Gasteiger partial charge in [0.2, 0.25) is 5.28 Å². The topological polar surface area (TPSA) is 101 Å². The van der Waals surface area contributed by atoms with Gasteiger partial charge >= 0.3 is 0 Å². The van der Waals surface area contributed by atoms with Crippen LogP contribution in [0.15, 0.2) is 18.7 Å². The van der Waals surface area contributed by atoms with Gasteiger partial charge in [-0.05, 0) is 31.9 Å². The third-order valence-electron chi connectivity index (χ3n) is 3.59. The van der Waals surface area contributed by atoms with Crippen LogP contribution in [0, 0.1) is 0 Å². The first kappa shape index (κ1) is 16.4. The molecule has 3 aromatic rings. The van der Waals surface area contributed by atoms with Gasteiger partial charge in [-0.2, -0.15) is 9.97 Å². The van der Waals surface area contributed by atoms with Crippen molar-refractivity contribution >= 4 is 34.4 Å². The van der Waals surface area contributed by atoms with Crippen LogP contribution in [0.3, 0.4) is 0 Å². The second-order valence-corrected chi connectivity index (χ2v) is 5.99. The van der Waals surface area contributed by atoms with Crippen LogP contribution in [-0.2, 0) is 0 Å². The van der Waals surface area contributed by atoms with Crippen molar-refractivity contribution in [1.82, 2.24) is 29.5 Å². The highest BCUT2D eigenvalue weighted by atomic mass is 35.5. The summed E-state index contributed by atoms with van der Waals surface area (Å²) in [6.45, 7) is 4.67. The zero-order valence-electron chi connectivity index (χ0n) is 13.5. The number of rotatable bonds is 7. The highest BCUT2D eigenvalue weighted by Gasteiger charge is 2.14. The number of anilines is 1. The van der Waals surface area contributed by atoms with E-state index in [4.69, 9.17) is 11.6 Å². The quantitative estimate of drug-likeness (QED) is 0.387. The number of ketones is 1. The maximum absolute atomic E-state index is 11.9. The van der Waals surface area contributed by atoms with Crippen molar-refractivity contribution in [2.45, 2.75) is 32.7 Å². The highest BCUT2D eigenvalue weighted by Crippen LogP contribution is 2.23. The van der Waals surface area contributed by atoms with E-state index in [0.717, 1.165) is 0 Å². The lowest BCUT2D eigenvalue weighted by molar-refractivity contribution is 0.0972. The number of imidazole rings is 2. The Morgan fingerprint density at radius 3 is 2.92 bits per heavy atom. The summed E-state index contributed by atoms with van der Waals surface area (Å²) in [4.78, 5) is 31.5. The molecule has 126 valence electrons. The Balaban J connectivity index is 1.66. The van der Waals surface area contributed by atoms with E-state index in [1.807, 2.05) is 18.4 Å². The van der Waals surface area contributed by atoms with Crippen LogP contribution < -0.4 is 5.32 Å². The van der Waals surface area contributed by atoms with E-state index in [1.54, 1.807) is 18.7 Å². The number of hydrogen-bond acceptors (Lipinski definition) is 6. The Morgan fingerprint density at radius 2 is 2.21 bits per heavy atom. The third kappa shape index (κ3) is 3.38. The molecule has 0 spiro atoms. The maximum atomic E-state index is 11.9. The molecule has 0 saturated heterocycles. The normalized spacial score (nSPS) is 11.3. The summed E-state index contributed by atoms with van der Waals surface area (Å²) in [6.07, 6.45) is 5.97. The Bertz CT molecular complexity index is 841. The fourth-order valence-electron chi connectivity index (χ4n) is 2.38. The number of halogens is 1. The van der Waals surface area contributed by atoms with E-state index in [1.165, 1.54) is 0 Å². The molecule has 0 aliphatic rings. The molecule has 24 heavy (non-hydrogen) atoms. The minimum Gasteiger partial charge on any atom is -0.368 e. The fraction of sp³-hybridized carbons (Fsp3) is 0.400. The molecule has 3 aromatic heterocycles. The Hall–Kier alpha value is -2.48. The van der Waals surface area contributed by atoms with Gasteiger partial charge in [0, 0.05) is 31.4 Å². The van der Waals surface area contributed by atoms with Gasteiger partial charge in [0.1, 0.15) is 0 Å². The van der Waals surface area contributed by atoms with Gasteiger partial charge in [-0.15, -0.1) is 0 Å². The highest BCUT2D eigenvalue weighted by molar-refractivity contribution is 6.28. The average Bonchev–Trinajstić information content (AvgIpc) is 3.20. The van der Waals surface area contributed by atoms with E-state index >= 15 is 0 Å². The zero-order chi connectivity index (χ0) is 17.1. The molecule has 2 N–H and O–H groups in total. The summed E-state index contributed by atoms with van der Waals surface area (Å²) in [6, 6.07) is 0.222. The van der Waals surface area contributed by atoms with Gasteiger partial charge in [-0.1, -0.05) is 0 Å².